The number of para-hydroxylation sites is 1. The Balaban J connectivity index is 2.45. The van der Waals surface area contributed by atoms with Crippen LogP contribution < -0.4 is 10.5 Å². The molecule has 5 nitrogen and oxygen atoms in total. The Morgan fingerprint density at radius 3 is 2.56 bits per heavy atom. The fourth-order valence-electron chi connectivity index (χ4n) is 1.43. The molecule has 0 fully saturated rings. The summed E-state index contributed by atoms with van der Waals surface area (Å²) in [6.07, 6.45) is 1.02. The number of hydrogen-bond acceptors (Lipinski definition) is 3. The quantitative estimate of drug-likeness (QED) is 0.766. The number of benzene rings is 1. The van der Waals surface area contributed by atoms with Crippen LogP contribution in [0.3, 0.4) is 0 Å². The van der Waals surface area contributed by atoms with E-state index in [0.29, 0.717) is 30.8 Å². The average Bonchev–Trinajstić information content (AvgIpc) is 2.34. The van der Waals surface area contributed by atoms with Gasteiger partial charge in [0.15, 0.2) is 0 Å². The van der Waals surface area contributed by atoms with Gasteiger partial charge in [-0.25, -0.2) is 0 Å². The van der Waals surface area contributed by atoms with Crippen LogP contribution in [-0.2, 0) is 4.79 Å². The number of carbonyl (C=O) groups is 2. The predicted octanol–water partition coefficient (Wildman–Crippen LogP) is 1.03. The molecule has 0 aliphatic heterocycles. The largest absolute Gasteiger partial charge is 0.493 e. The smallest absolute Gasteiger partial charge is 0.252 e. The first-order valence-electron chi connectivity index (χ1n) is 5.74. The highest BCUT2D eigenvalue weighted by Crippen LogP contribution is 2.17. The SMILES string of the molecule is CN(C)C(=O)CCCOc1ccccc1C(N)=O. The predicted molar refractivity (Wildman–Crippen MR) is 68.4 cm³/mol. The molecule has 2 amide bonds. The number of amides is 2. The second-order valence-corrected chi connectivity index (χ2v) is 4.10. The first kappa shape index (κ1) is 14.0. The number of hydrogen-bond donors (Lipinski definition) is 1. The number of nitrogens with zero attached hydrogens (tertiary/aromatic N) is 1. The van der Waals surface area contributed by atoms with E-state index >= 15 is 0 Å². The molecule has 5 heteroatoms. The van der Waals surface area contributed by atoms with Crippen molar-refractivity contribution in [1.82, 2.24) is 4.90 Å². The number of rotatable bonds is 6. The molecule has 18 heavy (non-hydrogen) atoms. The Kier molecular flexibility index (Phi) is 5.17. The van der Waals surface area contributed by atoms with Crippen molar-refractivity contribution in [3.63, 3.8) is 0 Å². The van der Waals surface area contributed by atoms with Crippen molar-refractivity contribution in [3.8, 4) is 5.75 Å². The minimum atomic E-state index is -0.519. The summed E-state index contributed by atoms with van der Waals surface area (Å²) >= 11 is 0. The van der Waals surface area contributed by atoms with Gasteiger partial charge in [0.05, 0.1) is 12.2 Å². The Labute approximate surface area is 107 Å². The lowest BCUT2D eigenvalue weighted by Gasteiger charge is -2.11. The van der Waals surface area contributed by atoms with E-state index in [4.69, 9.17) is 10.5 Å². The monoisotopic (exact) mass is 250 g/mol. The van der Waals surface area contributed by atoms with Crippen LogP contribution in [0.4, 0.5) is 0 Å². The summed E-state index contributed by atoms with van der Waals surface area (Å²) in [5.74, 6) is -0.000874. The molecular formula is C13H18N2O3. The number of carbonyl (C=O) groups excluding carboxylic acids is 2. The van der Waals surface area contributed by atoms with Crippen LogP contribution in [0.1, 0.15) is 23.2 Å². The van der Waals surface area contributed by atoms with Gasteiger partial charge in [0.2, 0.25) is 5.91 Å². The van der Waals surface area contributed by atoms with E-state index in [1.165, 1.54) is 4.90 Å². The molecule has 1 rings (SSSR count). The Bertz CT molecular complexity index is 430. The fraction of sp³-hybridized carbons (Fsp3) is 0.385. The molecule has 2 N–H and O–H groups in total. The standard InChI is InChI=1S/C13H18N2O3/c1-15(2)12(16)8-5-9-18-11-7-4-3-6-10(11)13(14)17/h3-4,6-7H,5,8-9H2,1-2H3,(H2,14,17). The van der Waals surface area contributed by atoms with Crippen LogP contribution in [0.5, 0.6) is 5.75 Å². The lowest BCUT2D eigenvalue weighted by Crippen LogP contribution is -2.22. The lowest BCUT2D eigenvalue weighted by atomic mass is 10.2. The molecule has 0 aliphatic rings. The molecule has 1 aromatic rings. The zero-order chi connectivity index (χ0) is 13.5. The van der Waals surface area contributed by atoms with Crippen molar-refractivity contribution in [3.05, 3.63) is 29.8 Å². The highest BCUT2D eigenvalue weighted by atomic mass is 16.5. The van der Waals surface area contributed by atoms with Crippen LogP contribution in [0.25, 0.3) is 0 Å². The van der Waals surface area contributed by atoms with Crippen molar-refractivity contribution in [2.75, 3.05) is 20.7 Å². The van der Waals surface area contributed by atoms with Gasteiger partial charge in [-0.1, -0.05) is 12.1 Å². The number of ether oxygens (including phenoxy) is 1. The van der Waals surface area contributed by atoms with Gasteiger partial charge in [0.1, 0.15) is 5.75 Å². The summed E-state index contributed by atoms with van der Waals surface area (Å²) in [6.45, 7) is 0.379. The summed E-state index contributed by atoms with van der Waals surface area (Å²) in [6, 6.07) is 6.80. The maximum Gasteiger partial charge on any atom is 0.252 e. The normalized spacial score (nSPS) is 9.89. The molecule has 0 bridgehead atoms. The molecule has 0 atom stereocenters. The number of primary amides is 1. The summed E-state index contributed by atoms with van der Waals surface area (Å²) < 4.78 is 5.46. The van der Waals surface area contributed by atoms with Crippen molar-refractivity contribution >= 4 is 11.8 Å². The summed E-state index contributed by atoms with van der Waals surface area (Å²) in [7, 11) is 3.43. The first-order valence-corrected chi connectivity index (χ1v) is 5.74. The van der Waals surface area contributed by atoms with Crippen molar-refractivity contribution in [1.29, 1.82) is 0 Å². The molecule has 0 aromatic heterocycles. The molecule has 0 radical (unpaired) electrons. The van der Waals surface area contributed by atoms with E-state index < -0.39 is 5.91 Å². The average molecular weight is 250 g/mol. The molecule has 0 aliphatic carbocycles. The maximum absolute atomic E-state index is 11.3. The van der Waals surface area contributed by atoms with E-state index in [0.717, 1.165) is 0 Å². The third-order valence-electron chi connectivity index (χ3n) is 2.44. The van der Waals surface area contributed by atoms with Gasteiger partial charge in [0, 0.05) is 20.5 Å². The zero-order valence-electron chi connectivity index (χ0n) is 10.7. The van der Waals surface area contributed by atoms with E-state index in [-0.39, 0.29) is 5.91 Å². The molecule has 0 heterocycles. The molecule has 98 valence electrons. The molecule has 0 unspecified atom stereocenters. The fourth-order valence-corrected chi connectivity index (χ4v) is 1.43. The van der Waals surface area contributed by atoms with Crippen molar-refractivity contribution in [2.24, 2.45) is 5.73 Å². The van der Waals surface area contributed by atoms with Gasteiger partial charge in [-0.05, 0) is 18.6 Å². The molecule has 0 spiro atoms. The highest BCUT2D eigenvalue weighted by Gasteiger charge is 2.08. The summed E-state index contributed by atoms with van der Waals surface area (Å²) in [4.78, 5) is 24.0. The van der Waals surface area contributed by atoms with Crippen LogP contribution in [0.15, 0.2) is 24.3 Å². The van der Waals surface area contributed by atoms with Crippen LogP contribution >= 0.6 is 0 Å². The van der Waals surface area contributed by atoms with E-state index in [2.05, 4.69) is 0 Å². The zero-order valence-corrected chi connectivity index (χ0v) is 10.7. The molecule has 0 saturated heterocycles. The second kappa shape index (κ2) is 6.64. The van der Waals surface area contributed by atoms with E-state index in [1.54, 1.807) is 38.4 Å². The highest BCUT2D eigenvalue weighted by molar-refractivity contribution is 5.95. The van der Waals surface area contributed by atoms with Gasteiger partial charge in [-0.2, -0.15) is 0 Å². The van der Waals surface area contributed by atoms with E-state index in [9.17, 15) is 9.59 Å². The molecule has 0 saturated carbocycles. The third kappa shape index (κ3) is 4.08. The molecule has 1 aromatic carbocycles. The topological polar surface area (TPSA) is 72.6 Å². The third-order valence-corrected chi connectivity index (χ3v) is 2.44. The van der Waals surface area contributed by atoms with Gasteiger partial charge < -0.3 is 15.4 Å². The van der Waals surface area contributed by atoms with Gasteiger partial charge in [0.25, 0.3) is 5.91 Å². The summed E-state index contributed by atoms with van der Waals surface area (Å²) in [5, 5.41) is 0. The van der Waals surface area contributed by atoms with E-state index in [1.807, 2.05) is 0 Å². The number of nitrogens with two attached hydrogens (primary N) is 1. The minimum Gasteiger partial charge on any atom is -0.493 e. The Morgan fingerprint density at radius 1 is 1.28 bits per heavy atom. The molecular weight excluding hydrogens is 232 g/mol. The Morgan fingerprint density at radius 2 is 1.94 bits per heavy atom. The minimum absolute atomic E-state index is 0.0572. The van der Waals surface area contributed by atoms with Gasteiger partial charge in [-0.15, -0.1) is 0 Å². The van der Waals surface area contributed by atoms with Crippen LogP contribution in [0.2, 0.25) is 0 Å². The first-order chi connectivity index (χ1) is 8.52. The van der Waals surface area contributed by atoms with Crippen molar-refractivity contribution in [2.45, 2.75) is 12.8 Å². The van der Waals surface area contributed by atoms with Crippen LogP contribution in [0, 0.1) is 0 Å². The Hall–Kier alpha value is -2.04. The summed E-state index contributed by atoms with van der Waals surface area (Å²) in [5.41, 5.74) is 5.58. The van der Waals surface area contributed by atoms with Crippen LogP contribution in [-0.4, -0.2) is 37.4 Å². The van der Waals surface area contributed by atoms with Crippen molar-refractivity contribution < 1.29 is 14.3 Å². The van der Waals surface area contributed by atoms with Gasteiger partial charge in [-0.3, -0.25) is 9.59 Å². The second-order valence-electron chi connectivity index (χ2n) is 4.10. The van der Waals surface area contributed by atoms with Gasteiger partial charge >= 0.3 is 0 Å². The maximum atomic E-state index is 11.3. The lowest BCUT2D eigenvalue weighted by molar-refractivity contribution is -0.128.